The molecule has 2 rings (SSSR count). The molecule has 1 fully saturated rings. The summed E-state index contributed by atoms with van der Waals surface area (Å²) in [5.41, 5.74) is -0.782. The zero-order chi connectivity index (χ0) is 14.6. The second-order valence-electron chi connectivity index (χ2n) is 4.97. The van der Waals surface area contributed by atoms with Crippen molar-refractivity contribution in [1.29, 1.82) is 0 Å². The van der Waals surface area contributed by atoms with Crippen LogP contribution in [0.15, 0.2) is 18.3 Å². The van der Waals surface area contributed by atoms with Gasteiger partial charge in [0.1, 0.15) is 5.82 Å². The average Bonchev–Trinajstić information content (AvgIpc) is 2.71. The number of aromatic nitrogens is 1. The van der Waals surface area contributed by atoms with Crippen molar-refractivity contribution in [2.75, 3.05) is 26.2 Å². The van der Waals surface area contributed by atoms with E-state index in [1.54, 1.807) is 0 Å². The van der Waals surface area contributed by atoms with E-state index >= 15 is 0 Å². The second kappa shape index (κ2) is 6.28. The molecule has 6 heteroatoms. The van der Waals surface area contributed by atoms with E-state index in [4.69, 9.17) is 0 Å². The van der Waals surface area contributed by atoms with Crippen LogP contribution in [-0.2, 0) is 10.3 Å². The van der Waals surface area contributed by atoms with Crippen LogP contribution in [0.2, 0.25) is 0 Å². The number of rotatable bonds is 4. The molecule has 1 aromatic heterocycles. The molecule has 20 heavy (non-hydrogen) atoms. The first-order valence-electron chi connectivity index (χ1n) is 6.92. The van der Waals surface area contributed by atoms with E-state index in [0.717, 1.165) is 25.7 Å². The molecule has 1 aliphatic heterocycles. The molecule has 0 aromatic carbocycles. The molecule has 0 bridgehead atoms. The Morgan fingerprint density at radius 1 is 1.50 bits per heavy atom. The van der Waals surface area contributed by atoms with Crippen LogP contribution in [0.4, 0.5) is 4.39 Å². The Bertz CT molecular complexity index is 458. The molecule has 5 nitrogen and oxygen atoms in total. The van der Waals surface area contributed by atoms with Crippen molar-refractivity contribution in [3.05, 3.63) is 29.8 Å². The topological polar surface area (TPSA) is 65.5 Å². The van der Waals surface area contributed by atoms with E-state index in [0.29, 0.717) is 25.2 Å². The summed E-state index contributed by atoms with van der Waals surface area (Å²) in [5, 5.41) is 13.1. The summed E-state index contributed by atoms with van der Waals surface area (Å²) >= 11 is 0. The van der Waals surface area contributed by atoms with E-state index in [-0.39, 0.29) is 0 Å². The molecule has 2 heterocycles. The minimum absolute atomic E-state index is 0.390. The van der Waals surface area contributed by atoms with Crippen LogP contribution in [0.25, 0.3) is 0 Å². The Morgan fingerprint density at radius 2 is 2.30 bits per heavy atom. The van der Waals surface area contributed by atoms with Crippen LogP contribution in [0.5, 0.6) is 0 Å². The minimum atomic E-state index is -1.18. The Labute approximate surface area is 117 Å². The Hall–Kier alpha value is -1.53. The summed E-state index contributed by atoms with van der Waals surface area (Å²) < 4.78 is 13.1. The number of aliphatic carboxylic acids is 1. The lowest BCUT2D eigenvalue weighted by atomic mass is 9.88. The van der Waals surface area contributed by atoms with Gasteiger partial charge in [0, 0.05) is 19.6 Å². The smallest absolute Gasteiger partial charge is 0.330 e. The lowest BCUT2D eigenvalue weighted by Crippen LogP contribution is -2.53. The molecule has 0 aliphatic carbocycles. The predicted molar refractivity (Wildman–Crippen MR) is 72.9 cm³/mol. The number of pyridine rings is 1. The first-order chi connectivity index (χ1) is 9.61. The molecule has 0 radical (unpaired) electrons. The number of hydrogen-bond donors (Lipinski definition) is 2. The number of carbonyl (C=O) groups is 1. The predicted octanol–water partition coefficient (Wildman–Crippen LogP) is 1.21. The van der Waals surface area contributed by atoms with E-state index < -0.39 is 17.3 Å². The highest BCUT2D eigenvalue weighted by Gasteiger charge is 2.45. The first-order valence-corrected chi connectivity index (χ1v) is 6.92. The molecule has 0 saturated carbocycles. The fourth-order valence-electron chi connectivity index (χ4n) is 2.81. The standard InChI is InChI=1S/C14H20FN3O2/c1-2-14(13(19)20,12-5-4-11(15)10-17-12)18-8-3-6-16-7-9-18/h4-5,10,16H,2-3,6-9H2,1H3,(H,19,20). The van der Waals surface area contributed by atoms with Gasteiger partial charge in [-0.2, -0.15) is 0 Å². The number of nitrogens with zero attached hydrogens (tertiary/aromatic N) is 2. The van der Waals surface area contributed by atoms with Crippen LogP contribution in [0.3, 0.4) is 0 Å². The van der Waals surface area contributed by atoms with Crippen LogP contribution in [0, 0.1) is 5.82 Å². The monoisotopic (exact) mass is 281 g/mol. The van der Waals surface area contributed by atoms with E-state index in [2.05, 4.69) is 10.3 Å². The van der Waals surface area contributed by atoms with Gasteiger partial charge in [0.15, 0.2) is 5.54 Å². The summed E-state index contributed by atoms with van der Waals surface area (Å²) in [6.45, 7) is 4.78. The van der Waals surface area contributed by atoms with Gasteiger partial charge >= 0.3 is 5.97 Å². The average molecular weight is 281 g/mol. The number of carboxylic acids is 1. The molecule has 110 valence electrons. The number of halogens is 1. The van der Waals surface area contributed by atoms with Gasteiger partial charge in [0.2, 0.25) is 0 Å². The number of carboxylic acid groups (broad SMARTS) is 1. The fraction of sp³-hybridized carbons (Fsp3) is 0.571. The van der Waals surface area contributed by atoms with Crippen LogP contribution < -0.4 is 5.32 Å². The van der Waals surface area contributed by atoms with Crippen LogP contribution in [-0.4, -0.2) is 47.1 Å². The molecule has 1 unspecified atom stereocenters. The van der Waals surface area contributed by atoms with Crippen molar-refractivity contribution >= 4 is 5.97 Å². The largest absolute Gasteiger partial charge is 0.480 e. The van der Waals surface area contributed by atoms with Crippen LogP contribution in [0.1, 0.15) is 25.5 Å². The summed E-state index contributed by atoms with van der Waals surface area (Å²) in [4.78, 5) is 17.9. The number of nitrogens with one attached hydrogen (secondary N) is 1. The summed E-state index contributed by atoms with van der Waals surface area (Å²) in [6, 6.07) is 2.75. The third kappa shape index (κ3) is 2.66. The Balaban J connectivity index is 2.43. The van der Waals surface area contributed by atoms with Gasteiger partial charge in [-0.1, -0.05) is 6.92 Å². The highest BCUT2D eigenvalue weighted by Crippen LogP contribution is 2.32. The van der Waals surface area contributed by atoms with Gasteiger partial charge in [0.05, 0.1) is 11.9 Å². The van der Waals surface area contributed by atoms with Crippen LogP contribution >= 0.6 is 0 Å². The van der Waals surface area contributed by atoms with E-state index in [9.17, 15) is 14.3 Å². The first kappa shape index (κ1) is 14.9. The highest BCUT2D eigenvalue weighted by atomic mass is 19.1. The lowest BCUT2D eigenvalue weighted by Gasteiger charge is -2.39. The SMILES string of the molecule is CCC(C(=O)O)(c1ccc(F)cn1)N1CCCNCC1. The van der Waals surface area contributed by atoms with Crippen molar-refractivity contribution in [1.82, 2.24) is 15.2 Å². The zero-order valence-corrected chi connectivity index (χ0v) is 11.6. The summed E-state index contributed by atoms with van der Waals surface area (Å²) in [7, 11) is 0. The van der Waals surface area contributed by atoms with Crippen molar-refractivity contribution in [2.45, 2.75) is 25.3 Å². The molecule has 1 saturated heterocycles. The van der Waals surface area contributed by atoms with E-state index in [1.807, 2.05) is 11.8 Å². The molecular formula is C14H20FN3O2. The van der Waals surface area contributed by atoms with Gasteiger partial charge < -0.3 is 10.4 Å². The molecule has 0 spiro atoms. The lowest BCUT2D eigenvalue weighted by molar-refractivity contribution is -0.153. The van der Waals surface area contributed by atoms with Gasteiger partial charge in [-0.15, -0.1) is 0 Å². The maximum atomic E-state index is 13.1. The zero-order valence-electron chi connectivity index (χ0n) is 11.6. The molecule has 0 amide bonds. The highest BCUT2D eigenvalue weighted by molar-refractivity contribution is 5.80. The number of hydrogen-bond acceptors (Lipinski definition) is 4. The van der Waals surface area contributed by atoms with E-state index in [1.165, 1.54) is 12.1 Å². The second-order valence-corrected chi connectivity index (χ2v) is 4.97. The maximum absolute atomic E-state index is 13.1. The fourth-order valence-corrected chi connectivity index (χ4v) is 2.81. The summed E-state index contributed by atoms with van der Waals surface area (Å²) in [5.74, 6) is -1.39. The van der Waals surface area contributed by atoms with Crippen molar-refractivity contribution in [3.8, 4) is 0 Å². The Morgan fingerprint density at radius 3 is 2.90 bits per heavy atom. The Kier molecular flexibility index (Phi) is 4.67. The molecule has 1 aromatic rings. The summed E-state index contributed by atoms with van der Waals surface area (Å²) in [6.07, 6.45) is 2.36. The van der Waals surface area contributed by atoms with Gasteiger partial charge in [-0.25, -0.2) is 9.18 Å². The minimum Gasteiger partial charge on any atom is -0.480 e. The third-order valence-electron chi connectivity index (χ3n) is 3.90. The normalized spacial score (nSPS) is 20.1. The third-order valence-corrected chi connectivity index (χ3v) is 3.90. The van der Waals surface area contributed by atoms with Crippen molar-refractivity contribution in [2.24, 2.45) is 0 Å². The van der Waals surface area contributed by atoms with Gasteiger partial charge in [-0.3, -0.25) is 9.88 Å². The quantitative estimate of drug-likeness (QED) is 0.868. The molecule has 2 N–H and O–H groups in total. The molecular weight excluding hydrogens is 261 g/mol. The molecule has 1 aliphatic rings. The van der Waals surface area contributed by atoms with Crippen molar-refractivity contribution in [3.63, 3.8) is 0 Å². The van der Waals surface area contributed by atoms with Crippen molar-refractivity contribution < 1.29 is 14.3 Å². The maximum Gasteiger partial charge on any atom is 0.330 e. The van der Waals surface area contributed by atoms with Gasteiger partial charge in [-0.05, 0) is 31.5 Å². The molecule has 1 atom stereocenters. The van der Waals surface area contributed by atoms with Gasteiger partial charge in [0.25, 0.3) is 0 Å².